The third-order valence-corrected chi connectivity index (χ3v) is 5.17. The molecule has 0 saturated carbocycles. The third-order valence-electron chi connectivity index (χ3n) is 3.97. The van der Waals surface area contributed by atoms with E-state index in [4.69, 9.17) is 9.47 Å². The number of fused-ring (bicyclic) bond motifs is 1. The molecule has 6 nitrogen and oxygen atoms in total. The van der Waals surface area contributed by atoms with Gasteiger partial charge in [0.25, 0.3) is 0 Å². The Hall–Kier alpha value is -2.93. The average molecular weight is 367 g/mol. The molecular formula is C19H17N3O3S. The minimum absolute atomic E-state index is 0.0882. The number of thiazole rings is 1. The van der Waals surface area contributed by atoms with E-state index in [1.807, 2.05) is 31.2 Å². The third kappa shape index (κ3) is 3.52. The van der Waals surface area contributed by atoms with E-state index in [9.17, 15) is 4.79 Å². The van der Waals surface area contributed by atoms with E-state index in [0.29, 0.717) is 30.4 Å². The standard InChI is InChI=1S/C19H17N3O3S/c1-12-17(26-19(21-12)13-4-6-20-7-5-13)11-18(23)22-14-2-3-15-16(10-14)25-9-8-24-15/h2-7,10H,8-9,11H2,1H3,(H,22,23). The largest absolute Gasteiger partial charge is 0.486 e. The van der Waals surface area contributed by atoms with Crippen LogP contribution in [-0.2, 0) is 11.2 Å². The summed E-state index contributed by atoms with van der Waals surface area (Å²) in [6.45, 7) is 2.99. The molecule has 3 heterocycles. The molecule has 0 spiro atoms. The van der Waals surface area contributed by atoms with Crippen LogP contribution < -0.4 is 14.8 Å². The van der Waals surface area contributed by atoms with Gasteiger partial charge in [-0.3, -0.25) is 9.78 Å². The molecular weight excluding hydrogens is 350 g/mol. The zero-order chi connectivity index (χ0) is 17.9. The highest BCUT2D eigenvalue weighted by molar-refractivity contribution is 7.15. The molecule has 0 saturated heterocycles. The molecule has 7 heteroatoms. The number of hydrogen-bond acceptors (Lipinski definition) is 6. The number of benzene rings is 1. The van der Waals surface area contributed by atoms with Crippen molar-refractivity contribution < 1.29 is 14.3 Å². The second kappa shape index (κ2) is 7.13. The first-order valence-corrected chi connectivity index (χ1v) is 9.07. The van der Waals surface area contributed by atoms with E-state index in [-0.39, 0.29) is 12.3 Å². The second-order valence-corrected chi connectivity index (χ2v) is 6.93. The summed E-state index contributed by atoms with van der Waals surface area (Å²) in [6.07, 6.45) is 3.75. The van der Waals surface area contributed by atoms with E-state index in [0.717, 1.165) is 21.1 Å². The number of hydrogen-bond donors (Lipinski definition) is 1. The van der Waals surface area contributed by atoms with Gasteiger partial charge >= 0.3 is 0 Å². The van der Waals surface area contributed by atoms with E-state index >= 15 is 0 Å². The maximum Gasteiger partial charge on any atom is 0.229 e. The molecule has 1 amide bonds. The van der Waals surface area contributed by atoms with E-state index in [1.54, 1.807) is 18.5 Å². The molecule has 3 aromatic rings. The summed E-state index contributed by atoms with van der Waals surface area (Å²) < 4.78 is 11.0. The number of nitrogens with one attached hydrogen (secondary N) is 1. The molecule has 1 N–H and O–H groups in total. The minimum Gasteiger partial charge on any atom is -0.486 e. The summed E-state index contributed by atoms with van der Waals surface area (Å²) in [5.74, 6) is 1.27. The molecule has 4 rings (SSSR count). The first-order valence-electron chi connectivity index (χ1n) is 8.25. The van der Waals surface area contributed by atoms with Crippen LogP contribution in [-0.4, -0.2) is 29.1 Å². The summed E-state index contributed by atoms with van der Waals surface area (Å²) in [7, 11) is 0. The Kier molecular flexibility index (Phi) is 4.53. The van der Waals surface area contributed by atoms with Gasteiger partial charge in [-0.1, -0.05) is 0 Å². The topological polar surface area (TPSA) is 73.3 Å². The van der Waals surface area contributed by atoms with Crippen LogP contribution in [0.15, 0.2) is 42.7 Å². The first kappa shape index (κ1) is 16.5. The smallest absolute Gasteiger partial charge is 0.229 e. The van der Waals surface area contributed by atoms with Crippen LogP contribution in [0.4, 0.5) is 5.69 Å². The molecule has 26 heavy (non-hydrogen) atoms. The van der Waals surface area contributed by atoms with Crippen LogP contribution in [0.1, 0.15) is 10.6 Å². The van der Waals surface area contributed by atoms with Crippen molar-refractivity contribution in [3.63, 3.8) is 0 Å². The number of aryl methyl sites for hydroxylation is 1. The lowest BCUT2D eigenvalue weighted by Gasteiger charge is -2.19. The van der Waals surface area contributed by atoms with Crippen LogP contribution in [0.2, 0.25) is 0 Å². The van der Waals surface area contributed by atoms with Crippen molar-refractivity contribution in [3.05, 3.63) is 53.3 Å². The fourth-order valence-electron chi connectivity index (χ4n) is 2.68. The van der Waals surface area contributed by atoms with Crippen LogP contribution in [0, 0.1) is 6.92 Å². The first-order chi connectivity index (χ1) is 12.7. The van der Waals surface area contributed by atoms with E-state index in [2.05, 4.69) is 15.3 Å². The van der Waals surface area contributed by atoms with Gasteiger partial charge in [0, 0.05) is 34.6 Å². The molecule has 1 aliphatic rings. The predicted octanol–water partition coefficient (Wildman–Crippen LogP) is 3.47. The zero-order valence-corrected chi connectivity index (χ0v) is 15.0. The Balaban J connectivity index is 1.46. The highest BCUT2D eigenvalue weighted by Crippen LogP contribution is 2.33. The van der Waals surface area contributed by atoms with Crippen molar-refractivity contribution in [1.82, 2.24) is 9.97 Å². The Morgan fingerprint density at radius 2 is 1.92 bits per heavy atom. The molecule has 1 aromatic carbocycles. The van der Waals surface area contributed by atoms with Crippen molar-refractivity contribution in [2.75, 3.05) is 18.5 Å². The number of amides is 1. The van der Waals surface area contributed by atoms with Gasteiger partial charge in [-0.25, -0.2) is 4.98 Å². The average Bonchev–Trinajstić information content (AvgIpc) is 3.03. The van der Waals surface area contributed by atoms with Crippen molar-refractivity contribution in [3.8, 4) is 22.1 Å². The van der Waals surface area contributed by atoms with Crippen LogP contribution in [0.5, 0.6) is 11.5 Å². The molecule has 0 unspecified atom stereocenters. The van der Waals surface area contributed by atoms with Gasteiger partial charge in [0.1, 0.15) is 18.2 Å². The Labute approximate surface area is 154 Å². The fraction of sp³-hybridized carbons (Fsp3) is 0.211. The molecule has 0 fully saturated rings. The molecule has 0 bridgehead atoms. The number of carbonyl (C=O) groups excluding carboxylic acids is 1. The number of ether oxygens (including phenoxy) is 2. The quantitative estimate of drug-likeness (QED) is 0.764. The van der Waals surface area contributed by atoms with Crippen LogP contribution >= 0.6 is 11.3 Å². The van der Waals surface area contributed by atoms with Crippen LogP contribution in [0.25, 0.3) is 10.6 Å². The number of pyridine rings is 1. The predicted molar refractivity (Wildman–Crippen MR) is 99.8 cm³/mol. The number of aromatic nitrogens is 2. The molecule has 0 aliphatic carbocycles. The lowest BCUT2D eigenvalue weighted by molar-refractivity contribution is -0.115. The summed E-state index contributed by atoms with van der Waals surface area (Å²) in [5, 5.41) is 3.81. The Morgan fingerprint density at radius 1 is 1.15 bits per heavy atom. The molecule has 1 aliphatic heterocycles. The van der Waals surface area contributed by atoms with Crippen molar-refractivity contribution in [2.24, 2.45) is 0 Å². The van der Waals surface area contributed by atoms with E-state index < -0.39 is 0 Å². The lowest BCUT2D eigenvalue weighted by Crippen LogP contribution is -2.17. The van der Waals surface area contributed by atoms with Gasteiger partial charge in [0.05, 0.1) is 12.1 Å². The van der Waals surface area contributed by atoms with Crippen molar-refractivity contribution in [2.45, 2.75) is 13.3 Å². The van der Waals surface area contributed by atoms with Crippen LogP contribution in [0.3, 0.4) is 0 Å². The molecule has 2 aromatic heterocycles. The normalized spacial score (nSPS) is 12.7. The zero-order valence-electron chi connectivity index (χ0n) is 14.2. The van der Waals surface area contributed by atoms with Crippen molar-refractivity contribution in [1.29, 1.82) is 0 Å². The summed E-state index contributed by atoms with van der Waals surface area (Å²) >= 11 is 1.53. The monoisotopic (exact) mass is 367 g/mol. The lowest BCUT2D eigenvalue weighted by atomic mass is 10.2. The van der Waals surface area contributed by atoms with Gasteiger partial charge < -0.3 is 14.8 Å². The highest BCUT2D eigenvalue weighted by atomic mass is 32.1. The SMILES string of the molecule is Cc1nc(-c2ccncc2)sc1CC(=O)Nc1ccc2c(c1)OCCO2. The maximum absolute atomic E-state index is 12.4. The highest BCUT2D eigenvalue weighted by Gasteiger charge is 2.15. The molecule has 0 atom stereocenters. The fourth-order valence-corrected chi connectivity index (χ4v) is 3.75. The van der Waals surface area contributed by atoms with Crippen molar-refractivity contribution >= 4 is 22.9 Å². The summed E-state index contributed by atoms with van der Waals surface area (Å²) in [5.41, 5.74) is 2.57. The van der Waals surface area contributed by atoms with Gasteiger partial charge in [0.2, 0.25) is 5.91 Å². The Morgan fingerprint density at radius 3 is 2.73 bits per heavy atom. The summed E-state index contributed by atoms with van der Waals surface area (Å²) in [4.78, 5) is 22.0. The number of rotatable bonds is 4. The number of carbonyl (C=O) groups is 1. The summed E-state index contributed by atoms with van der Waals surface area (Å²) in [6, 6.07) is 9.24. The second-order valence-electron chi connectivity index (χ2n) is 5.85. The number of anilines is 1. The van der Waals surface area contributed by atoms with Gasteiger partial charge in [0.15, 0.2) is 11.5 Å². The molecule has 132 valence electrons. The Bertz CT molecular complexity index is 940. The van der Waals surface area contributed by atoms with Gasteiger partial charge in [-0.05, 0) is 31.2 Å². The maximum atomic E-state index is 12.4. The number of nitrogens with zero attached hydrogens (tertiary/aromatic N) is 2. The van der Waals surface area contributed by atoms with Gasteiger partial charge in [-0.2, -0.15) is 0 Å². The molecule has 0 radical (unpaired) electrons. The van der Waals surface area contributed by atoms with E-state index in [1.165, 1.54) is 11.3 Å². The minimum atomic E-state index is -0.0882. The van der Waals surface area contributed by atoms with Gasteiger partial charge in [-0.15, -0.1) is 11.3 Å².